The maximum absolute atomic E-state index is 11.5. The molecule has 19 heavy (non-hydrogen) atoms. The van der Waals surface area contributed by atoms with Crippen LogP contribution in [0.2, 0.25) is 0 Å². The number of rotatable bonds is 5. The van der Waals surface area contributed by atoms with Crippen molar-refractivity contribution in [1.29, 1.82) is 0 Å². The van der Waals surface area contributed by atoms with Gasteiger partial charge in [-0.2, -0.15) is 5.10 Å². The SMILES string of the molecule is CCc1nn(C)c2c1nc(CCCl)n2C(C)C(N)=O. The van der Waals surface area contributed by atoms with Gasteiger partial charge in [0.15, 0.2) is 5.65 Å². The number of imidazole rings is 1. The van der Waals surface area contributed by atoms with Crippen LogP contribution in [-0.2, 0) is 24.7 Å². The topological polar surface area (TPSA) is 78.7 Å². The van der Waals surface area contributed by atoms with Crippen molar-refractivity contribution < 1.29 is 4.79 Å². The van der Waals surface area contributed by atoms with Crippen LogP contribution in [0.5, 0.6) is 0 Å². The molecule has 1 unspecified atom stereocenters. The van der Waals surface area contributed by atoms with E-state index in [1.54, 1.807) is 11.6 Å². The van der Waals surface area contributed by atoms with Crippen LogP contribution in [0.1, 0.15) is 31.4 Å². The van der Waals surface area contributed by atoms with Crippen molar-refractivity contribution in [1.82, 2.24) is 19.3 Å². The molecule has 0 spiro atoms. The number of hydrogen-bond acceptors (Lipinski definition) is 3. The highest BCUT2D eigenvalue weighted by atomic mass is 35.5. The molecule has 0 fully saturated rings. The lowest BCUT2D eigenvalue weighted by Gasteiger charge is -2.14. The van der Waals surface area contributed by atoms with Gasteiger partial charge in [0.25, 0.3) is 0 Å². The van der Waals surface area contributed by atoms with Crippen LogP contribution in [0.15, 0.2) is 0 Å². The molecule has 2 N–H and O–H groups in total. The molecule has 104 valence electrons. The lowest BCUT2D eigenvalue weighted by molar-refractivity contribution is -0.120. The molecule has 0 aliphatic heterocycles. The first-order valence-electron chi connectivity index (χ1n) is 6.29. The van der Waals surface area contributed by atoms with Gasteiger partial charge in [-0.25, -0.2) is 4.98 Å². The lowest BCUT2D eigenvalue weighted by Crippen LogP contribution is -2.26. The van der Waals surface area contributed by atoms with E-state index in [2.05, 4.69) is 10.1 Å². The van der Waals surface area contributed by atoms with Crippen molar-refractivity contribution in [3.63, 3.8) is 0 Å². The zero-order chi connectivity index (χ0) is 14.2. The largest absolute Gasteiger partial charge is 0.368 e. The number of alkyl halides is 1. The molecule has 2 heterocycles. The van der Waals surface area contributed by atoms with E-state index >= 15 is 0 Å². The maximum atomic E-state index is 11.5. The number of nitrogens with zero attached hydrogens (tertiary/aromatic N) is 4. The molecule has 2 aromatic rings. The Hall–Kier alpha value is -1.56. The summed E-state index contributed by atoms with van der Waals surface area (Å²) in [5, 5.41) is 4.42. The van der Waals surface area contributed by atoms with Crippen LogP contribution in [0.4, 0.5) is 0 Å². The standard InChI is InChI=1S/C12H18ClN5O/c1-4-8-10-12(17(3)16-8)18(7(2)11(14)19)9(15-10)5-6-13/h7H,4-6H2,1-3H3,(H2,14,19). The van der Waals surface area contributed by atoms with Gasteiger partial charge in [0.1, 0.15) is 17.4 Å². The Balaban J connectivity index is 2.72. The smallest absolute Gasteiger partial charge is 0.240 e. The van der Waals surface area contributed by atoms with Crippen molar-refractivity contribution in [2.75, 3.05) is 5.88 Å². The van der Waals surface area contributed by atoms with E-state index in [-0.39, 0.29) is 0 Å². The van der Waals surface area contributed by atoms with Crippen molar-refractivity contribution in [3.8, 4) is 0 Å². The highest BCUT2D eigenvalue weighted by Crippen LogP contribution is 2.24. The number of carbonyl (C=O) groups excluding carboxylic acids is 1. The second-order valence-electron chi connectivity index (χ2n) is 4.51. The summed E-state index contributed by atoms with van der Waals surface area (Å²) in [6.07, 6.45) is 1.39. The zero-order valence-corrected chi connectivity index (χ0v) is 12.1. The second-order valence-corrected chi connectivity index (χ2v) is 4.89. The molecule has 2 rings (SSSR count). The summed E-state index contributed by atoms with van der Waals surface area (Å²) >= 11 is 5.81. The van der Waals surface area contributed by atoms with Crippen LogP contribution < -0.4 is 5.73 Å². The fraction of sp³-hybridized carbons (Fsp3) is 0.583. The zero-order valence-electron chi connectivity index (χ0n) is 11.4. The van der Waals surface area contributed by atoms with E-state index in [4.69, 9.17) is 17.3 Å². The minimum absolute atomic E-state index is 0.394. The van der Waals surface area contributed by atoms with Gasteiger partial charge in [0, 0.05) is 19.3 Å². The fourth-order valence-electron chi connectivity index (χ4n) is 2.28. The average molecular weight is 284 g/mol. The van der Waals surface area contributed by atoms with Crippen molar-refractivity contribution in [2.45, 2.75) is 32.7 Å². The van der Waals surface area contributed by atoms with E-state index < -0.39 is 11.9 Å². The molecule has 2 aromatic heterocycles. The molecule has 0 aliphatic carbocycles. The number of aromatic nitrogens is 4. The summed E-state index contributed by atoms with van der Waals surface area (Å²) < 4.78 is 3.59. The number of halogens is 1. The summed E-state index contributed by atoms with van der Waals surface area (Å²) in [6, 6.07) is -0.469. The van der Waals surface area contributed by atoms with Crippen molar-refractivity contribution >= 4 is 28.7 Å². The number of amides is 1. The summed E-state index contributed by atoms with van der Waals surface area (Å²) in [6.45, 7) is 3.79. The third-order valence-electron chi connectivity index (χ3n) is 3.26. The predicted octanol–water partition coefficient (Wildman–Crippen LogP) is 1.16. The number of fused-ring (bicyclic) bond motifs is 1. The van der Waals surface area contributed by atoms with Gasteiger partial charge in [-0.3, -0.25) is 9.48 Å². The minimum atomic E-state index is -0.469. The van der Waals surface area contributed by atoms with E-state index in [9.17, 15) is 4.79 Å². The third-order valence-corrected chi connectivity index (χ3v) is 3.45. The molecule has 0 aliphatic rings. The third kappa shape index (κ3) is 2.20. The second kappa shape index (κ2) is 5.21. The number of primary amides is 1. The molecule has 6 nitrogen and oxygen atoms in total. The molecule has 0 saturated heterocycles. The predicted molar refractivity (Wildman–Crippen MR) is 74.2 cm³/mol. The molecule has 0 aromatic carbocycles. The van der Waals surface area contributed by atoms with Crippen LogP contribution in [0.25, 0.3) is 11.2 Å². The summed E-state index contributed by atoms with van der Waals surface area (Å²) in [7, 11) is 1.85. The number of hydrogen-bond donors (Lipinski definition) is 1. The van der Waals surface area contributed by atoms with Gasteiger partial charge in [-0.15, -0.1) is 11.6 Å². The van der Waals surface area contributed by atoms with Gasteiger partial charge in [0.05, 0.1) is 5.69 Å². The summed E-state index contributed by atoms with van der Waals surface area (Å²) in [5.74, 6) is 0.831. The van der Waals surface area contributed by atoms with E-state index in [0.29, 0.717) is 12.3 Å². The quantitative estimate of drug-likeness (QED) is 0.836. The van der Waals surface area contributed by atoms with Gasteiger partial charge >= 0.3 is 0 Å². The van der Waals surface area contributed by atoms with Gasteiger partial charge in [-0.1, -0.05) is 6.92 Å². The van der Waals surface area contributed by atoms with E-state index in [1.807, 2.05) is 18.5 Å². The number of nitrogens with two attached hydrogens (primary N) is 1. The minimum Gasteiger partial charge on any atom is -0.368 e. The van der Waals surface area contributed by atoms with Gasteiger partial charge in [0.2, 0.25) is 5.91 Å². The summed E-state index contributed by atoms with van der Waals surface area (Å²) in [4.78, 5) is 16.1. The molecule has 0 saturated carbocycles. The lowest BCUT2D eigenvalue weighted by atomic mass is 10.3. The maximum Gasteiger partial charge on any atom is 0.240 e. The van der Waals surface area contributed by atoms with Crippen LogP contribution >= 0.6 is 11.6 Å². The van der Waals surface area contributed by atoms with Gasteiger partial charge in [-0.05, 0) is 13.3 Å². The number of carbonyl (C=O) groups is 1. The molecule has 0 radical (unpaired) electrons. The average Bonchev–Trinajstić information content (AvgIpc) is 2.87. The van der Waals surface area contributed by atoms with Crippen molar-refractivity contribution in [2.24, 2.45) is 12.8 Å². The number of aryl methyl sites for hydroxylation is 3. The molecule has 1 amide bonds. The Morgan fingerprint density at radius 2 is 2.21 bits per heavy atom. The molecule has 1 atom stereocenters. The first-order chi connectivity index (χ1) is 9.01. The Morgan fingerprint density at radius 3 is 2.74 bits per heavy atom. The first-order valence-corrected chi connectivity index (χ1v) is 6.82. The highest BCUT2D eigenvalue weighted by Gasteiger charge is 2.23. The monoisotopic (exact) mass is 283 g/mol. The van der Waals surface area contributed by atoms with Crippen LogP contribution in [0.3, 0.4) is 0 Å². The normalized spacial score (nSPS) is 13.1. The van der Waals surface area contributed by atoms with Crippen molar-refractivity contribution in [3.05, 3.63) is 11.5 Å². The summed E-state index contributed by atoms with van der Waals surface area (Å²) in [5.41, 5.74) is 8.00. The Bertz CT molecular complexity index is 615. The Kier molecular flexibility index (Phi) is 3.80. The molecule has 7 heteroatoms. The first kappa shape index (κ1) is 13.9. The highest BCUT2D eigenvalue weighted by molar-refractivity contribution is 6.17. The Morgan fingerprint density at radius 1 is 1.53 bits per heavy atom. The molecule has 0 bridgehead atoms. The Labute approximate surface area is 116 Å². The van der Waals surface area contributed by atoms with Crippen LogP contribution in [-0.4, -0.2) is 31.1 Å². The molecular formula is C12H18ClN5O. The van der Waals surface area contributed by atoms with E-state index in [1.165, 1.54) is 0 Å². The van der Waals surface area contributed by atoms with Crippen LogP contribution in [0, 0.1) is 0 Å². The van der Waals surface area contributed by atoms with E-state index in [0.717, 1.165) is 29.1 Å². The molecular weight excluding hydrogens is 266 g/mol. The fourth-order valence-corrected chi connectivity index (χ4v) is 2.45. The van der Waals surface area contributed by atoms with Gasteiger partial charge < -0.3 is 10.3 Å².